The molecule has 2 unspecified atom stereocenters. The van der Waals surface area contributed by atoms with E-state index in [1.54, 1.807) is 13.0 Å². The van der Waals surface area contributed by atoms with Crippen LogP contribution in [0.2, 0.25) is 0 Å². The fourth-order valence-electron chi connectivity index (χ4n) is 16.8. The van der Waals surface area contributed by atoms with Crippen LogP contribution in [0, 0.1) is 0 Å². The molecular weight excluding hydrogens is 1900 g/mol. The third-order valence-electron chi connectivity index (χ3n) is 26.1. The van der Waals surface area contributed by atoms with E-state index in [1.165, 1.54) is 57.1 Å². The Hall–Kier alpha value is -4.45. The molecule has 0 aromatic heterocycles. The normalized spacial score (nSPS) is 37.3. The van der Waals surface area contributed by atoms with Crippen molar-refractivity contribution >= 4 is 21.6 Å². The van der Waals surface area contributed by atoms with Gasteiger partial charge >= 0.3 is 21.6 Å². The van der Waals surface area contributed by atoms with Gasteiger partial charge in [0.25, 0.3) is 0 Å². The molecule has 44 heteroatoms. The number of phosphoric ester groups is 2. The molecular formula is C97H160O42P2. The first-order chi connectivity index (χ1) is 66.5. The molecule has 141 heavy (non-hydrogen) atoms. The third-order valence-corrected chi connectivity index (χ3v) is 28.7. The van der Waals surface area contributed by atoms with Crippen LogP contribution in [0.25, 0.3) is 0 Å². The summed E-state index contributed by atoms with van der Waals surface area (Å²) in [4.78, 5) is 34.3. The van der Waals surface area contributed by atoms with Gasteiger partial charge in [-0.25, -0.2) is 13.9 Å². The molecule has 37 atom stereocenters. The first-order valence-corrected chi connectivity index (χ1v) is 51.5. The topological polar surface area (TPSA) is 664 Å². The molecule has 0 aromatic carbocycles. The summed E-state index contributed by atoms with van der Waals surface area (Å²) in [5, 5.41) is 229. The zero-order valence-corrected chi connectivity index (χ0v) is 84.7. The number of phosphoric acid groups is 2. The maximum atomic E-state index is 13.3. The minimum absolute atomic E-state index is 0.430. The Morgan fingerprint density at radius 3 is 0.993 bits per heavy atom. The Balaban J connectivity index is 0.819. The number of hydrogen-bond acceptors (Lipinski definition) is 39. The molecule has 7 rings (SSSR count). The molecule has 7 aliphatic heterocycles. The van der Waals surface area contributed by atoms with Crippen molar-refractivity contribution in [3.63, 3.8) is 0 Å². The summed E-state index contributed by atoms with van der Waals surface area (Å²) in [6.07, 6.45) is -29.3. The summed E-state index contributed by atoms with van der Waals surface area (Å²) in [6.45, 7) is 21.2. The van der Waals surface area contributed by atoms with E-state index in [2.05, 4.69) is 134 Å². The summed E-state index contributed by atoms with van der Waals surface area (Å²) in [7, 11) is -11.4. The molecule has 0 spiro atoms. The lowest BCUT2D eigenvalue weighted by molar-refractivity contribution is -0.399. The lowest BCUT2D eigenvalue weighted by Gasteiger charge is -2.49. The van der Waals surface area contributed by atoms with E-state index in [0.717, 1.165) is 121 Å². The summed E-state index contributed by atoms with van der Waals surface area (Å²) >= 11 is 0. The number of carbonyl (C=O) groups is 1. The molecule has 23 N–H and O–H groups in total. The van der Waals surface area contributed by atoms with Crippen molar-refractivity contribution in [1.29, 1.82) is 0 Å². The maximum absolute atomic E-state index is 13.3. The van der Waals surface area contributed by atoms with Gasteiger partial charge in [-0.05, 0) is 218 Å². The number of aliphatic hydroxyl groups is 20. The van der Waals surface area contributed by atoms with Gasteiger partial charge in [-0.1, -0.05) is 128 Å². The van der Waals surface area contributed by atoms with Crippen molar-refractivity contribution in [2.24, 2.45) is 0 Å². The highest BCUT2D eigenvalue weighted by Gasteiger charge is 2.60. The predicted molar refractivity (Wildman–Crippen MR) is 506 cm³/mol. The molecule has 0 radical (unpaired) electrons. The second kappa shape index (κ2) is 60.4. The zero-order valence-electron chi connectivity index (χ0n) is 82.9. The minimum Gasteiger partial charge on any atom is -0.479 e. The largest absolute Gasteiger partial charge is 0.483 e. The molecule has 0 aliphatic carbocycles. The molecule has 7 saturated heterocycles. The number of hydrogen-bond donors (Lipinski definition) is 23. The van der Waals surface area contributed by atoms with Gasteiger partial charge in [-0.2, -0.15) is 4.31 Å². The van der Waals surface area contributed by atoms with Crippen LogP contribution in [0.4, 0.5) is 0 Å². The van der Waals surface area contributed by atoms with E-state index in [1.807, 2.05) is 6.92 Å². The first kappa shape index (κ1) is 123. The van der Waals surface area contributed by atoms with Gasteiger partial charge in [0.2, 0.25) is 0 Å². The van der Waals surface area contributed by atoms with Crippen LogP contribution in [0.15, 0.2) is 128 Å². The van der Waals surface area contributed by atoms with Crippen LogP contribution in [0.3, 0.4) is 0 Å². The molecule has 810 valence electrons. The molecule has 7 fully saturated rings. The van der Waals surface area contributed by atoms with Gasteiger partial charge in [0.05, 0.1) is 45.7 Å². The van der Waals surface area contributed by atoms with Crippen LogP contribution >= 0.6 is 15.6 Å². The molecule has 0 aromatic rings. The van der Waals surface area contributed by atoms with Crippen molar-refractivity contribution < 1.29 is 206 Å². The molecule has 42 nitrogen and oxygen atoms in total. The molecule has 0 saturated carbocycles. The Bertz CT molecular complexity index is 4240. The number of aliphatic carboxylic acids is 1. The highest BCUT2D eigenvalue weighted by molar-refractivity contribution is 7.61. The Kier molecular flexibility index (Phi) is 52.9. The van der Waals surface area contributed by atoms with Crippen LogP contribution in [0.1, 0.15) is 218 Å². The average molecular weight is 2060 g/mol. The van der Waals surface area contributed by atoms with Crippen molar-refractivity contribution in [1.82, 2.24) is 0 Å². The molecule has 7 heterocycles. The molecule has 0 amide bonds. The fourth-order valence-corrected chi connectivity index (χ4v) is 19.0. The summed E-state index contributed by atoms with van der Waals surface area (Å²) < 4.78 is 114. The van der Waals surface area contributed by atoms with Crippen LogP contribution < -0.4 is 0 Å². The number of carboxylic acid groups (broad SMARTS) is 1. The lowest BCUT2D eigenvalue weighted by Crippen LogP contribution is -2.68. The van der Waals surface area contributed by atoms with E-state index in [-0.39, 0.29) is 0 Å². The number of ether oxygens (including phenoxy) is 13. The summed E-state index contributed by atoms with van der Waals surface area (Å²) in [6, 6.07) is 0. The Morgan fingerprint density at radius 2 is 0.582 bits per heavy atom. The van der Waals surface area contributed by atoms with Crippen molar-refractivity contribution in [2.45, 2.75) is 433 Å². The zero-order chi connectivity index (χ0) is 105. The molecule has 0 bridgehead atoms. The average Bonchev–Trinajstić information content (AvgIpc) is 0.766. The van der Waals surface area contributed by atoms with Crippen LogP contribution in [0.5, 0.6) is 0 Å². The highest BCUT2D eigenvalue weighted by Crippen LogP contribution is 2.62. The quantitative estimate of drug-likeness (QED) is 0.0297. The fraction of sp³-hybridized carbons (Fsp3) is 0.763. The van der Waals surface area contributed by atoms with Gasteiger partial charge < -0.3 is 179 Å². The predicted octanol–water partition coefficient (Wildman–Crippen LogP) is 4.33. The van der Waals surface area contributed by atoms with Crippen molar-refractivity contribution in [3.05, 3.63) is 128 Å². The first-order valence-electron chi connectivity index (χ1n) is 48.5. The van der Waals surface area contributed by atoms with Crippen molar-refractivity contribution in [2.75, 3.05) is 39.6 Å². The second-order valence-corrected chi connectivity index (χ2v) is 41.1. The number of aliphatic hydroxyl groups excluding tert-OH is 20. The van der Waals surface area contributed by atoms with E-state index < -0.39 is 276 Å². The summed E-state index contributed by atoms with van der Waals surface area (Å²) in [5.74, 6) is -2.03. The smallest absolute Gasteiger partial charge is 0.479 e. The molecule has 7 aliphatic rings. The van der Waals surface area contributed by atoms with Gasteiger partial charge in [-0.3, -0.25) is 9.05 Å². The third kappa shape index (κ3) is 38.5. The van der Waals surface area contributed by atoms with Crippen LogP contribution in [-0.4, -0.2) is 378 Å². The number of rotatable bonds is 55. The Morgan fingerprint density at radius 1 is 0.291 bits per heavy atom. The SMILES string of the molecule is C/C=C(/C)CC/C=C(/C)CC/C=C(/C)CC/C=C(/C)CC/C=C(/C)CC/C=C(/C)CC/C=C(/C)CC/C=C(/C)CC/C=C(\C)CC/C=C(\C)CC/C=C(\C)COP(=O)(O)OP(=O)(O)O[C@H]1O[C@H](CO)[C@@H](O[C@@H]2O[C@H](CO)[C@@H](O)[C@H](O[C@H]3O[C@H](CO)[C@@H](O)[C@H](O)[C@@H]3O[C@@H]3O[C@H](C(=O)O)[C@@H](O[C@H]4O[C@H](CO[C@@H]5O[C@H](CO[C@@H]6O[C@@H](C)[C@H](O)[C@@H](O)[C@H]6O)[C@@H](O)[C@H](O)[C@H]5O)[C@@H](O)[C@H](O)[C@H]4O)[C@H](O)[C@H]3O)[C@H]2O)[C@H](O)[C@H]1O. The van der Waals surface area contributed by atoms with Gasteiger partial charge in [0.15, 0.2) is 50.1 Å². The minimum atomic E-state index is -5.86. The van der Waals surface area contributed by atoms with E-state index >= 15 is 0 Å². The highest BCUT2D eigenvalue weighted by atomic mass is 31.3. The Labute approximate surface area is 824 Å². The maximum Gasteiger partial charge on any atom is 0.483 e. The van der Waals surface area contributed by atoms with Crippen molar-refractivity contribution in [3.8, 4) is 0 Å². The van der Waals surface area contributed by atoms with E-state index in [0.29, 0.717) is 18.4 Å². The standard InChI is InChI=1S/C97H160O42P2/c1-14-51(2)25-15-26-52(3)27-16-28-53(4)29-17-30-54(5)31-18-32-55(6)33-19-34-56(7)35-20-36-57(8)37-21-38-58(9)39-22-40-59(10)41-23-42-60(11)43-24-44-61(12)48-126-140(120,121)139-141(122,123)138-96-83(116)77(110)85(65(47-100)130-96)133-95-84(117)86(72(105)64(46-99)128-95)134-97-88(76(109)69(102)63(45-98)129-97)136-94-82(115)78(111)87(89(137-94)90(118)119)135-93-81(114)75(108)71(104)67(132-93)50-125-92-80(113)74(107)70(103)66(131-92)49-124-91-79(112)73(106)68(101)62(13)127-91/h14,26,28,30,32,34,36,38,40,42,44,62-89,91-117H,15-25,27,29,31,33,35,37,39,41,43,45-50H2,1-13H3,(H,118,119)(H,120,121)(H,122,123)/b51-14-,52-26-,53-28-,54-30-,55-32-,56-34-,57-36-,58-38-,59-40+,60-42+,61-44+/t62-,63+,64+,65+,66+,67+,68-,69+,70+,71+,72+,73+,74-,75-,76-,77+,78+,79+,80+,81+,82+,83+,84+,85+,86-,87-,88-,89-,91+,92+,93+,94+,95-,96+,97+/m0/s1. The van der Waals surface area contributed by atoms with E-state index in [9.17, 15) is 131 Å². The summed E-state index contributed by atoms with van der Waals surface area (Å²) in [5.41, 5.74) is 14.4. The lowest BCUT2D eigenvalue weighted by atomic mass is 9.95. The van der Waals surface area contributed by atoms with Gasteiger partial charge in [0, 0.05) is 0 Å². The van der Waals surface area contributed by atoms with Crippen LogP contribution in [-0.2, 0) is 88.9 Å². The second-order valence-electron chi connectivity index (χ2n) is 38.1. The number of allylic oxidation sites excluding steroid dienone is 21. The van der Waals surface area contributed by atoms with Gasteiger partial charge in [-0.15, -0.1) is 0 Å². The monoisotopic (exact) mass is 2060 g/mol. The van der Waals surface area contributed by atoms with E-state index in [4.69, 9.17) is 70.6 Å². The number of carboxylic acids is 1. The van der Waals surface area contributed by atoms with Gasteiger partial charge in [0.1, 0.15) is 159 Å².